The van der Waals surface area contributed by atoms with E-state index in [2.05, 4.69) is 24.1 Å². The Morgan fingerprint density at radius 3 is 2.36 bits per heavy atom. The van der Waals surface area contributed by atoms with Crippen molar-refractivity contribution < 1.29 is 27.6 Å². The Balaban J connectivity index is 1.49. The number of amides is 3. The molecule has 1 N–H and O–H groups in total. The Hall–Kier alpha value is -3.27. The molecule has 3 fully saturated rings. The summed E-state index contributed by atoms with van der Waals surface area (Å²) in [5.41, 5.74) is 0.642. The zero-order valence-corrected chi connectivity index (χ0v) is 27.4. The third kappa shape index (κ3) is 6.95. The van der Waals surface area contributed by atoms with Gasteiger partial charge in [0.05, 0.1) is 23.8 Å². The van der Waals surface area contributed by atoms with Crippen LogP contribution >= 0.6 is 0 Å². The van der Waals surface area contributed by atoms with E-state index in [4.69, 9.17) is 4.42 Å². The number of likely N-dealkylation sites (N-methyl/N-ethyl adjacent to an activating group) is 1. The highest BCUT2D eigenvalue weighted by atomic mass is 19.1. The van der Waals surface area contributed by atoms with Crippen molar-refractivity contribution in [3.63, 3.8) is 0 Å². The monoisotopic (exact) mass is 626 g/mol. The van der Waals surface area contributed by atoms with Gasteiger partial charge in [-0.25, -0.2) is 8.78 Å². The zero-order chi connectivity index (χ0) is 32.7. The Bertz CT molecular complexity index is 1380. The third-order valence-corrected chi connectivity index (χ3v) is 10.3. The van der Waals surface area contributed by atoms with E-state index in [1.165, 1.54) is 24.7 Å². The van der Waals surface area contributed by atoms with Crippen molar-refractivity contribution in [1.82, 2.24) is 20.0 Å². The molecular weight excluding hydrogens is 578 g/mol. The molecule has 1 aromatic carbocycles. The number of halogens is 2. The number of hydrogen-bond acceptors (Lipinski definition) is 5. The van der Waals surface area contributed by atoms with Crippen molar-refractivity contribution in [3.05, 3.63) is 59.6 Å². The summed E-state index contributed by atoms with van der Waals surface area (Å²) in [6.07, 6.45) is 6.85. The summed E-state index contributed by atoms with van der Waals surface area (Å²) in [6.45, 7) is 13.9. The van der Waals surface area contributed by atoms with Crippen molar-refractivity contribution >= 4 is 17.7 Å². The van der Waals surface area contributed by atoms with Crippen LogP contribution in [0.4, 0.5) is 8.78 Å². The molecule has 2 saturated heterocycles. The molecule has 1 unspecified atom stereocenters. The first-order valence-corrected chi connectivity index (χ1v) is 16.3. The van der Waals surface area contributed by atoms with Gasteiger partial charge in [-0.1, -0.05) is 19.9 Å². The fourth-order valence-electron chi connectivity index (χ4n) is 7.56. The van der Waals surface area contributed by atoms with Crippen LogP contribution < -0.4 is 5.32 Å². The van der Waals surface area contributed by atoms with Gasteiger partial charge in [0, 0.05) is 49.7 Å². The van der Waals surface area contributed by atoms with Gasteiger partial charge in [-0.15, -0.1) is 0 Å². The maximum absolute atomic E-state index is 15.2. The molecule has 4 atom stereocenters. The first-order chi connectivity index (χ1) is 21.2. The standard InChI is InChI=1S/C35H48F2N4O4/c1-7-38-31(42)30-17-25(41(32(43)22-12-15-45-21-22)24-10-13-35(5,6)14-11-24)18-40(30)33(44)28-20-39(34(2,3)4)19-27(28)26-9-8-23(36)16-29(26)37/h8-9,12,15-16,21,24-25,27-28,30H,7,10-11,13-14,17-20H2,1-6H3,(H,38,42)/t25?,27-,28+,30-/m0/s1. The Morgan fingerprint density at radius 2 is 1.76 bits per heavy atom. The summed E-state index contributed by atoms with van der Waals surface area (Å²) >= 11 is 0. The van der Waals surface area contributed by atoms with Crippen LogP contribution in [0.5, 0.6) is 0 Å². The van der Waals surface area contributed by atoms with E-state index < -0.39 is 29.5 Å². The maximum atomic E-state index is 15.2. The van der Waals surface area contributed by atoms with E-state index >= 15 is 4.39 Å². The summed E-state index contributed by atoms with van der Waals surface area (Å²) in [5, 5.41) is 2.90. The maximum Gasteiger partial charge on any atom is 0.257 e. The molecule has 0 radical (unpaired) electrons. The molecule has 3 aliphatic rings. The van der Waals surface area contributed by atoms with Crippen LogP contribution in [-0.2, 0) is 9.59 Å². The number of benzene rings is 1. The quantitative estimate of drug-likeness (QED) is 0.433. The van der Waals surface area contributed by atoms with Crippen LogP contribution in [-0.4, -0.2) is 82.3 Å². The summed E-state index contributed by atoms with van der Waals surface area (Å²) < 4.78 is 34.3. The number of hydrogen-bond donors (Lipinski definition) is 1. The predicted octanol–water partition coefficient (Wildman–Crippen LogP) is 5.59. The molecule has 0 spiro atoms. The first-order valence-electron chi connectivity index (χ1n) is 16.3. The van der Waals surface area contributed by atoms with Crippen LogP contribution in [0.3, 0.4) is 0 Å². The van der Waals surface area contributed by atoms with E-state index in [0.29, 0.717) is 37.2 Å². The number of carbonyl (C=O) groups is 3. The molecule has 2 aromatic rings. The van der Waals surface area contributed by atoms with Crippen LogP contribution in [0.1, 0.15) is 95.5 Å². The number of likely N-dealkylation sites (tertiary alicyclic amines) is 2. The molecule has 10 heteroatoms. The van der Waals surface area contributed by atoms with E-state index in [9.17, 15) is 18.8 Å². The summed E-state index contributed by atoms with van der Waals surface area (Å²) in [4.78, 5) is 47.9. The number of nitrogens with zero attached hydrogens (tertiary/aromatic N) is 3. The van der Waals surface area contributed by atoms with Crippen LogP contribution in [0.15, 0.2) is 41.2 Å². The molecule has 3 amide bonds. The van der Waals surface area contributed by atoms with Crippen LogP contribution in [0.25, 0.3) is 0 Å². The van der Waals surface area contributed by atoms with Gasteiger partial charge in [-0.2, -0.15) is 0 Å². The van der Waals surface area contributed by atoms with Gasteiger partial charge in [0.25, 0.3) is 5.91 Å². The smallest absolute Gasteiger partial charge is 0.257 e. The molecule has 1 aliphatic carbocycles. The van der Waals surface area contributed by atoms with E-state index in [1.807, 2.05) is 32.6 Å². The van der Waals surface area contributed by atoms with Gasteiger partial charge in [0.15, 0.2) is 0 Å². The summed E-state index contributed by atoms with van der Waals surface area (Å²) in [7, 11) is 0. The topological polar surface area (TPSA) is 86.1 Å². The number of carbonyl (C=O) groups excluding carboxylic acids is 3. The minimum absolute atomic E-state index is 0.0284. The number of nitrogens with one attached hydrogen (secondary N) is 1. The Kier molecular flexibility index (Phi) is 9.45. The van der Waals surface area contributed by atoms with Crippen molar-refractivity contribution in [2.24, 2.45) is 11.3 Å². The number of rotatable bonds is 7. The van der Waals surface area contributed by atoms with Gasteiger partial charge in [-0.3, -0.25) is 19.3 Å². The molecule has 45 heavy (non-hydrogen) atoms. The van der Waals surface area contributed by atoms with Crippen molar-refractivity contribution in [1.29, 1.82) is 0 Å². The average Bonchev–Trinajstić information content (AvgIpc) is 3.74. The van der Waals surface area contributed by atoms with Gasteiger partial charge in [0.2, 0.25) is 11.8 Å². The molecule has 246 valence electrons. The second kappa shape index (κ2) is 12.9. The molecule has 5 rings (SSSR count). The highest BCUT2D eigenvalue weighted by Crippen LogP contribution is 2.42. The van der Waals surface area contributed by atoms with E-state index in [1.54, 1.807) is 11.0 Å². The molecule has 0 bridgehead atoms. The van der Waals surface area contributed by atoms with Gasteiger partial charge in [-0.05, 0) is 82.9 Å². The number of furan rings is 1. The van der Waals surface area contributed by atoms with Crippen molar-refractivity contribution in [2.75, 3.05) is 26.2 Å². The Labute approximate surface area is 265 Å². The highest BCUT2D eigenvalue weighted by molar-refractivity contribution is 5.95. The first kappa shape index (κ1) is 33.1. The minimum Gasteiger partial charge on any atom is -0.472 e. The van der Waals surface area contributed by atoms with Crippen LogP contribution in [0, 0.1) is 23.0 Å². The lowest BCUT2D eigenvalue weighted by Crippen LogP contribution is -2.51. The second-order valence-corrected chi connectivity index (χ2v) is 14.9. The fraction of sp³-hybridized carbons (Fsp3) is 0.629. The third-order valence-electron chi connectivity index (χ3n) is 10.3. The van der Waals surface area contributed by atoms with E-state index in [0.717, 1.165) is 31.7 Å². The summed E-state index contributed by atoms with van der Waals surface area (Å²) in [6, 6.07) is 4.01. The van der Waals surface area contributed by atoms with Gasteiger partial charge < -0.3 is 19.5 Å². The molecule has 1 saturated carbocycles. The van der Waals surface area contributed by atoms with Crippen LogP contribution in [0.2, 0.25) is 0 Å². The lowest BCUT2D eigenvalue weighted by molar-refractivity contribution is -0.141. The average molecular weight is 627 g/mol. The minimum atomic E-state index is -0.774. The largest absolute Gasteiger partial charge is 0.472 e. The van der Waals surface area contributed by atoms with E-state index in [-0.39, 0.29) is 47.3 Å². The molecule has 2 aliphatic heterocycles. The fourth-order valence-corrected chi connectivity index (χ4v) is 7.56. The molecule has 1 aromatic heterocycles. The summed E-state index contributed by atoms with van der Waals surface area (Å²) in [5.74, 6) is -3.17. The lowest BCUT2D eigenvalue weighted by Gasteiger charge is -2.42. The van der Waals surface area contributed by atoms with Crippen molar-refractivity contribution in [3.8, 4) is 0 Å². The zero-order valence-electron chi connectivity index (χ0n) is 27.4. The van der Waals surface area contributed by atoms with Gasteiger partial charge >= 0.3 is 0 Å². The van der Waals surface area contributed by atoms with Gasteiger partial charge in [0.1, 0.15) is 23.9 Å². The normalized spacial score (nSPS) is 25.8. The van der Waals surface area contributed by atoms with Crippen molar-refractivity contribution in [2.45, 2.75) is 103 Å². The highest BCUT2D eigenvalue weighted by Gasteiger charge is 2.50. The predicted molar refractivity (Wildman–Crippen MR) is 167 cm³/mol. The second-order valence-electron chi connectivity index (χ2n) is 14.9. The molecule has 3 heterocycles. The SMILES string of the molecule is CCNC(=O)[C@@H]1CC(N(C(=O)c2ccoc2)C2CCC(C)(C)CC2)CN1C(=O)[C@@H]1CN(C(C)(C)C)C[C@H]1c1ccc(F)cc1F. The molecular formula is C35H48F2N4O4. The lowest BCUT2D eigenvalue weighted by atomic mass is 9.75. The Morgan fingerprint density at radius 1 is 1.04 bits per heavy atom. The molecule has 8 nitrogen and oxygen atoms in total.